The molecule has 0 radical (unpaired) electrons. The summed E-state index contributed by atoms with van der Waals surface area (Å²) in [6.45, 7) is 7.64. The van der Waals surface area contributed by atoms with Crippen molar-refractivity contribution in [1.82, 2.24) is 18.6 Å². The predicted octanol–water partition coefficient (Wildman–Crippen LogP) is 10.7. The van der Waals surface area contributed by atoms with Gasteiger partial charge in [-0.2, -0.15) is 8.61 Å². The number of benzene rings is 4. The molecule has 316 valence electrons. The third-order valence-electron chi connectivity index (χ3n) is 9.76. The van der Waals surface area contributed by atoms with Gasteiger partial charge in [0, 0.05) is 84.3 Å². The van der Waals surface area contributed by atoms with E-state index < -0.39 is 25.9 Å². The minimum atomic E-state index is -3.71. The van der Waals surface area contributed by atoms with Gasteiger partial charge in [-0.1, -0.05) is 75.2 Å². The number of piperazine rings is 2. The molecule has 0 atom stereocenters. The highest BCUT2D eigenvalue weighted by Crippen LogP contribution is 2.34. The van der Waals surface area contributed by atoms with Gasteiger partial charge in [0.1, 0.15) is 15.6 Å². The van der Waals surface area contributed by atoms with E-state index in [0.717, 1.165) is 27.1 Å². The first kappa shape index (κ1) is 45.0. The Hall–Kier alpha value is -3.06. The van der Waals surface area contributed by atoms with Gasteiger partial charge in [-0.3, -0.25) is 0 Å². The van der Waals surface area contributed by atoms with Crippen LogP contribution in [0.3, 0.4) is 0 Å². The average Bonchev–Trinajstić information content (AvgIpc) is 3.91. The smallest absolute Gasteiger partial charge is 0.244 e. The molecule has 2 fully saturated rings. The Morgan fingerprint density at radius 3 is 1.38 bits per heavy atom. The van der Waals surface area contributed by atoms with Crippen LogP contribution in [-0.4, -0.2) is 87.8 Å². The molecule has 4 heterocycles. The van der Waals surface area contributed by atoms with Crippen LogP contribution in [0, 0.1) is 19.7 Å². The maximum atomic E-state index is 13.4. The second kappa shape index (κ2) is 18.7. The van der Waals surface area contributed by atoms with Crippen LogP contribution in [0.2, 0.25) is 25.1 Å². The average molecular weight is 989 g/mol. The second-order valence-electron chi connectivity index (χ2n) is 14.0. The molecule has 8 rings (SSSR count). The Morgan fingerprint density at radius 1 is 0.533 bits per heavy atom. The molecule has 0 bridgehead atoms. The number of halogens is 6. The van der Waals surface area contributed by atoms with E-state index >= 15 is 0 Å². The van der Waals surface area contributed by atoms with E-state index in [2.05, 4.69) is 47.3 Å². The highest BCUT2D eigenvalue weighted by Gasteiger charge is 2.32. The van der Waals surface area contributed by atoms with E-state index in [-0.39, 0.29) is 24.9 Å². The summed E-state index contributed by atoms with van der Waals surface area (Å²) in [5.74, 6) is -0.478. The zero-order valence-corrected chi connectivity index (χ0v) is 39.0. The van der Waals surface area contributed by atoms with Gasteiger partial charge in [0.15, 0.2) is 10.3 Å². The van der Waals surface area contributed by atoms with Crippen molar-refractivity contribution in [3.63, 3.8) is 0 Å². The summed E-state index contributed by atoms with van der Waals surface area (Å²) in [5.41, 5.74) is 5.89. The number of sulfonamides is 2. The fourth-order valence-corrected chi connectivity index (χ4v) is 13.0. The lowest BCUT2D eigenvalue weighted by molar-refractivity contribution is 0.384. The number of anilines is 2. The highest BCUT2D eigenvalue weighted by atomic mass is 35.5. The molecule has 60 heavy (non-hydrogen) atoms. The third-order valence-corrected chi connectivity index (χ3v) is 17.1. The van der Waals surface area contributed by atoms with Crippen molar-refractivity contribution in [3.8, 4) is 22.5 Å². The number of hydrogen-bond donors (Lipinski definition) is 0. The number of hydrogen-bond acceptors (Lipinski definition) is 10. The van der Waals surface area contributed by atoms with E-state index in [1.165, 1.54) is 73.5 Å². The minimum absolute atomic E-state index is 0.0433. The lowest BCUT2D eigenvalue weighted by atomic mass is 10.1. The normalized spacial score (nSPS) is 15.5. The predicted molar refractivity (Wildman–Crippen MR) is 244 cm³/mol. The van der Waals surface area contributed by atoms with E-state index in [1.54, 1.807) is 23.5 Å². The van der Waals surface area contributed by atoms with Gasteiger partial charge >= 0.3 is 0 Å². The molecular formula is C40H36Cl5FN6O4S4. The van der Waals surface area contributed by atoms with Crippen LogP contribution in [0.15, 0.2) is 93.3 Å². The Kier molecular flexibility index (Phi) is 14.0. The van der Waals surface area contributed by atoms with E-state index in [4.69, 9.17) is 63.0 Å². The SMILES string of the molecule is Cc1cc(C)cc(-c2csc(N3CCN(S(=O)(=O)c4ccc(Cl)cc4Cl)CC3)n2)c1.O=S(=O)(c1ccc(Cl)cc1Cl)N1CCN(c2nc(-c3ccc(F)c(Cl)c3)cs2)CC1. The van der Waals surface area contributed by atoms with Crippen molar-refractivity contribution in [3.05, 3.63) is 126 Å². The molecule has 4 aromatic carbocycles. The van der Waals surface area contributed by atoms with Crippen molar-refractivity contribution < 1.29 is 21.2 Å². The van der Waals surface area contributed by atoms with Crippen LogP contribution in [-0.2, 0) is 20.0 Å². The summed E-state index contributed by atoms with van der Waals surface area (Å²) >= 11 is 32.9. The fraction of sp³-hybridized carbons (Fsp3) is 0.250. The Bertz CT molecular complexity index is 2740. The van der Waals surface area contributed by atoms with Crippen LogP contribution >= 0.6 is 80.7 Å². The molecular weight excluding hydrogens is 953 g/mol. The summed E-state index contributed by atoms with van der Waals surface area (Å²) < 4.78 is 68.1. The summed E-state index contributed by atoms with van der Waals surface area (Å²) in [5, 5.41) is 6.68. The van der Waals surface area contributed by atoms with E-state index in [0.29, 0.717) is 68.1 Å². The van der Waals surface area contributed by atoms with Gasteiger partial charge < -0.3 is 9.80 Å². The summed E-state index contributed by atoms with van der Waals surface area (Å²) in [4.78, 5) is 13.7. The minimum Gasteiger partial charge on any atom is -0.345 e. The molecule has 0 amide bonds. The van der Waals surface area contributed by atoms with Crippen molar-refractivity contribution in [2.45, 2.75) is 23.6 Å². The van der Waals surface area contributed by atoms with Gasteiger partial charge in [-0.05, 0) is 80.6 Å². The molecule has 0 saturated carbocycles. The quantitative estimate of drug-likeness (QED) is 0.148. The van der Waals surface area contributed by atoms with Gasteiger partial charge in [-0.25, -0.2) is 31.2 Å². The van der Waals surface area contributed by atoms with Crippen LogP contribution in [0.5, 0.6) is 0 Å². The molecule has 20 heteroatoms. The summed E-state index contributed by atoms with van der Waals surface area (Å²) in [7, 11) is -7.38. The molecule has 0 N–H and O–H groups in total. The number of aryl methyl sites for hydroxylation is 2. The molecule has 0 spiro atoms. The Morgan fingerprint density at radius 2 is 0.967 bits per heavy atom. The molecule has 0 aliphatic carbocycles. The molecule has 6 aromatic rings. The van der Waals surface area contributed by atoms with Crippen molar-refractivity contribution in [2.24, 2.45) is 0 Å². The zero-order chi connectivity index (χ0) is 42.9. The van der Waals surface area contributed by atoms with E-state index in [1.807, 2.05) is 10.3 Å². The molecule has 2 aromatic heterocycles. The Balaban J connectivity index is 0.000000181. The lowest BCUT2D eigenvalue weighted by Gasteiger charge is -2.33. The molecule has 2 aliphatic heterocycles. The van der Waals surface area contributed by atoms with Crippen molar-refractivity contribution in [2.75, 3.05) is 62.2 Å². The lowest BCUT2D eigenvalue weighted by Crippen LogP contribution is -2.48. The first-order valence-electron chi connectivity index (χ1n) is 18.3. The molecule has 2 saturated heterocycles. The van der Waals surface area contributed by atoms with Crippen LogP contribution in [0.1, 0.15) is 11.1 Å². The molecule has 0 unspecified atom stereocenters. The van der Waals surface area contributed by atoms with Gasteiger partial charge in [-0.15, -0.1) is 22.7 Å². The number of thiazole rings is 2. The number of aromatic nitrogens is 2. The summed E-state index contributed by atoms with van der Waals surface area (Å²) in [6, 6.07) is 19.7. The second-order valence-corrected chi connectivity index (χ2v) is 21.5. The van der Waals surface area contributed by atoms with Crippen molar-refractivity contribution >= 4 is 111 Å². The van der Waals surface area contributed by atoms with Gasteiger partial charge in [0.05, 0.1) is 26.5 Å². The van der Waals surface area contributed by atoms with Crippen LogP contribution in [0.25, 0.3) is 22.5 Å². The number of rotatable bonds is 8. The monoisotopic (exact) mass is 986 g/mol. The van der Waals surface area contributed by atoms with E-state index in [9.17, 15) is 21.2 Å². The molecule has 2 aliphatic rings. The first-order valence-corrected chi connectivity index (χ1v) is 24.9. The fourth-order valence-electron chi connectivity index (χ4n) is 6.75. The third kappa shape index (κ3) is 10.1. The van der Waals surface area contributed by atoms with Gasteiger partial charge in [0.25, 0.3) is 0 Å². The highest BCUT2D eigenvalue weighted by molar-refractivity contribution is 7.89. The standard InChI is InChI=1S/C21H21Cl2N3O2S2.C19H15Cl3FN3O2S2/c1-14-9-15(2)11-16(10-14)19-13-29-21(24-19)25-5-7-26(8-6-25)30(27,28)20-4-3-17(22)12-18(20)23;20-13-2-4-18(15(22)10-13)30(27,28)26-7-5-25(6-8-26)19-24-17(11-29-19)12-1-3-16(23)14(21)9-12/h3-4,9-13H,5-8H2,1-2H3;1-4,9-11H,5-8H2. The van der Waals surface area contributed by atoms with Crippen molar-refractivity contribution in [1.29, 1.82) is 0 Å². The first-order chi connectivity index (χ1) is 28.5. The largest absolute Gasteiger partial charge is 0.345 e. The molecule has 10 nitrogen and oxygen atoms in total. The van der Waals surface area contributed by atoms with Crippen LogP contribution < -0.4 is 9.80 Å². The zero-order valence-electron chi connectivity index (χ0n) is 32.0. The number of nitrogens with zero attached hydrogens (tertiary/aromatic N) is 6. The topological polar surface area (TPSA) is 107 Å². The Labute approximate surface area is 381 Å². The summed E-state index contributed by atoms with van der Waals surface area (Å²) in [6.07, 6.45) is 0. The maximum Gasteiger partial charge on any atom is 0.244 e. The van der Waals surface area contributed by atoms with Crippen LogP contribution in [0.4, 0.5) is 14.7 Å². The maximum absolute atomic E-state index is 13.4. The van der Waals surface area contributed by atoms with Gasteiger partial charge in [0.2, 0.25) is 20.0 Å².